The number of Topliss-reactive ketones (excluding diaryl/α,β-unsaturated/α-hetero) is 1. The number of fused-ring (bicyclic) bond motifs is 14. The number of amides is 2. The standard InChI is InChI=1S/C45H58N2O13/c1-12-18-47(19-13-2)33(49)22-57-32-21-30-40(53)35-34(32)36-42(28(8)39(35)52)60-45(10,43(36)54)58-20-17-31(56-11)25(5)41(59-29(9)48)27(7)38(51)26(6)37(50)23(3)15-14-16-24(4)44(55)46-30/h1,14-17,20-21,23,25-27,31,37-38,41,50-53H,13,18-19,22H2,2-11H3,(H,46,55)/b15-14+,20-17+,24-16-/t23-,25+,26+,27+,31-,37-,38+,41+,45-/m0/s1. The highest BCUT2D eigenvalue weighted by Gasteiger charge is 2.49. The van der Waals surface area contributed by atoms with Crippen molar-refractivity contribution in [2.24, 2.45) is 23.7 Å². The van der Waals surface area contributed by atoms with Crippen LogP contribution in [0, 0.1) is 42.9 Å². The number of methoxy groups -OCH3 is 1. The highest BCUT2D eigenvalue weighted by atomic mass is 16.7. The van der Waals surface area contributed by atoms with Crippen molar-refractivity contribution in [3.8, 4) is 35.3 Å². The first-order valence-electron chi connectivity index (χ1n) is 19.9. The molecule has 0 radical (unpaired) electrons. The number of aliphatic hydroxyl groups is 2. The summed E-state index contributed by atoms with van der Waals surface area (Å²) in [5.74, 6) is -5.89. The van der Waals surface area contributed by atoms with Gasteiger partial charge in [0.05, 0.1) is 47.8 Å². The van der Waals surface area contributed by atoms with Crippen molar-refractivity contribution in [3.63, 3.8) is 0 Å². The molecule has 0 aliphatic carbocycles. The van der Waals surface area contributed by atoms with Gasteiger partial charge in [-0.15, -0.1) is 6.42 Å². The maximum absolute atomic E-state index is 14.5. The molecule has 2 aromatic carbocycles. The largest absolute Gasteiger partial charge is 0.507 e. The number of carbonyl (C=O) groups is 4. The summed E-state index contributed by atoms with van der Waals surface area (Å²) in [6.07, 6.45) is 9.63. The molecule has 0 spiro atoms. The van der Waals surface area contributed by atoms with Gasteiger partial charge in [0.1, 0.15) is 23.4 Å². The van der Waals surface area contributed by atoms with Crippen LogP contribution >= 0.6 is 0 Å². The third-order valence-electron chi connectivity index (χ3n) is 11.3. The number of esters is 1. The van der Waals surface area contributed by atoms with E-state index in [1.54, 1.807) is 39.8 Å². The lowest BCUT2D eigenvalue weighted by atomic mass is 9.78. The lowest BCUT2D eigenvalue weighted by molar-refractivity contribution is -0.160. The van der Waals surface area contributed by atoms with Crippen LogP contribution in [0.15, 0.2) is 42.2 Å². The van der Waals surface area contributed by atoms with Gasteiger partial charge in [-0.1, -0.05) is 58.8 Å². The van der Waals surface area contributed by atoms with Gasteiger partial charge in [0, 0.05) is 73.8 Å². The van der Waals surface area contributed by atoms with Crippen LogP contribution in [0.1, 0.15) is 77.7 Å². The fourth-order valence-electron chi connectivity index (χ4n) is 7.65. The Bertz CT molecular complexity index is 2100. The molecule has 60 heavy (non-hydrogen) atoms. The van der Waals surface area contributed by atoms with E-state index in [1.807, 2.05) is 6.92 Å². The van der Waals surface area contributed by atoms with E-state index >= 15 is 0 Å². The van der Waals surface area contributed by atoms with E-state index in [2.05, 4.69) is 11.2 Å². The number of ether oxygens (including phenoxy) is 5. The molecule has 0 aromatic heterocycles. The van der Waals surface area contributed by atoms with Crippen molar-refractivity contribution in [1.82, 2.24) is 4.90 Å². The van der Waals surface area contributed by atoms with Gasteiger partial charge in [0.2, 0.25) is 0 Å². The van der Waals surface area contributed by atoms with Crippen LogP contribution in [0.5, 0.6) is 23.0 Å². The monoisotopic (exact) mass is 834 g/mol. The van der Waals surface area contributed by atoms with Crippen molar-refractivity contribution in [1.29, 1.82) is 0 Å². The number of phenols is 2. The second-order valence-electron chi connectivity index (χ2n) is 15.7. The number of hydrogen-bond acceptors (Lipinski definition) is 13. The Balaban J connectivity index is 1.94. The predicted octanol–water partition coefficient (Wildman–Crippen LogP) is 5.30. The number of terminal acetylenes is 1. The van der Waals surface area contributed by atoms with Crippen molar-refractivity contribution in [3.05, 3.63) is 53.3 Å². The number of phenolic OH excluding ortho intramolecular Hbond substituents is 2. The van der Waals surface area contributed by atoms with E-state index in [1.165, 1.54) is 64.2 Å². The Kier molecular flexibility index (Phi) is 15.4. The number of nitrogens with zero attached hydrogens (tertiary/aromatic N) is 1. The summed E-state index contributed by atoms with van der Waals surface area (Å²) in [5.41, 5.74) is -0.0962. The van der Waals surface area contributed by atoms with E-state index in [0.717, 1.165) is 0 Å². The number of aromatic hydroxyl groups is 2. The molecular weight excluding hydrogens is 776 g/mol. The third kappa shape index (κ3) is 9.73. The molecule has 0 saturated heterocycles. The Hall–Kier alpha value is -5.56. The molecule has 0 unspecified atom stereocenters. The highest BCUT2D eigenvalue weighted by Crippen LogP contribution is 2.54. The number of anilines is 1. The van der Waals surface area contributed by atoms with Gasteiger partial charge in [0.15, 0.2) is 12.4 Å². The van der Waals surface area contributed by atoms with Crippen LogP contribution in [0.4, 0.5) is 5.69 Å². The highest BCUT2D eigenvalue weighted by molar-refractivity contribution is 6.21. The van der Waals surface area contributed by atoms with E-state index < -0.39 is 95.5 Å². The van der Waals surface area contributed by atoms with Crippen molar-refractivity contribution in [2.75, 3.05) is 32.1 Å². The number of benzene rings is 2. The Morgan fingerprint density at radius 2 is 1.70 bits per heavy atom. The Morgan fingerprint density at radius 1 is 1.02 bits per heavy atom. The summed E-state index contributed by atoms with van der Waals surface area (Å²) >= 11 is 0. The van der Waals surface area contributed by atoms with Gasteiger partial charge in [-0.3, -0.25) is 19.2 Å². The summed E-state index contributed by atoms with van der Waals surface area (Å²) in [5, 5.41) is 48.4. The Morgan fingerprint density at radius 3 is 2.32 bits per heavy atom. The third-order valence-corrected chi connectivity index (χ3v) is 11.3. The van der Waals surface area contributed by atoms with E-state index in [-0.39, 0.29) is 51.2 Å². The quantitative estimate of drug-likeness (QED) is 0.130. The molecule has 15 heteroatoms. The van der Waals surface area contributed by atoms with Gasteiger partial charge in [-0.05, 0) is 26.3 Å². The molecule has 15 nitrogen and oxygen atoms in total. The lowest BCUT2D eigenvalue weighted by Gasteiger charge is -2.38. The number of hydrogen-bond donors (Lipinski definition) is 5. The first-order valence-corrected chi connectivity index (χ1v) is 19.9. The van der Waals surface area contributed by atoms with E-state index in [4.69, 9.17) is 30.1 Å². The molecule has 2 aromatic rings. The van der Waals surface area contributed by atoms with Crippen LogP contribution in [-0.4, -0.2) is 106 Å². The van der Waals surface area contributed by atoms with Crippen molar-refractivity contribution < 1.29 is 63.3 Å². The number of rotatable bonds is 8. The summed E-state index contributed by atoms with van der Waals surface area (Å²) in [6, 6.07) is 1.24. The fraction of sp³-hybridized carbons (Fsp3) is 0.511. The number of aliphatic hydroxyl groups excluding tert-OH is 2. The molecule has 5 N–H and O–H groups in total. The number of allylic oxidation sites excluding steroid dienone is 2. The van der Waals surface area contributed by atoms with Crippen molar-refractivity contribution in [2.45, 2.75) is 98.9 Å². The summed E-state index contributed by atoms with van der Waals surface area (Å²) in [7, 11) is 1.43. The van der Waals surface area contributed by atoms with E-state index in [9.17, 15) is 39.6 Å². The average molecular weight is 835 g/mol. The molecule has 326 valence electrons. The predicted molar refractivity (Wildman–Crippen MR) is 223 cm³/mol. The first-order chi connectivity index (χ1) is 28.2. The number of nitrogens with one attached hydrogen (secondary N) is 1. The number of carbonyl (C=O) groups excluding carboxylic acids is 4. The molecule has 3 heterocycles. The van der Waals surface area contributed by atoms with Crippen molar-refractivity contribution >= 4 is 40.0 Å². The minimum absolute atomic E-state index is 0.0174. The van der Waals surface area contributed by atoms with Crippen LogP contribution in [0.3, 0.4) is 0 Å². The zero-order chi connectivity index (χ0) is 44.8. The molecule has 0 saturated carbocycles. The van der Waals surface area contributed by atoms with Crippen LogP contribution in [-0.2, 0) is 28.6 Å². The second kappa shape index (κ2) is 19.7. The minimum Gasteiger partial charge on any atom is -0.507 e. The van der Waals surface area contributed by atoms with E-state index in [0.29, 0.717) is 13.0 Å². The second-order valence-corrected chi connectivity index (χ2v) is 15.7. The molecular formula is C45H58N2O13. The molecule has 5 bridgehead atoms. The first kappa shape index (κ1) is 47.1. The Labute approximate surface area is 351 Å². The molecule has 0 fully saturated rings. The molecule has 3 aliphatic heterocycles. The van der Waals surface area contributed by atoms with Crippen LogP contribution in [0.25, 0.3) is 10.8 Å². The van der Waals surface area contributed by atoms with Gasteiger partial charge in [-0.25, -0.2) is 0 Å². The molecule has 3 aliphatic rings. The maximum Gasteiger partial charge on any atom is 0.312 e. The smallest absolute Gasteiger partial charge is 0.312 e. The molecule has 5 rings (SSSR count). The van der Waals surface area contributed by atoms with Gasteiger partial charge < -0.3 is 54.3 Å². The SMILES string of the molecule is C#CCN(CCC)C(=O)COc1cc2c(O)c3c(O)c(C)c4c(c13)C(=O)[C@@](C)(O/C=C/[C@H](OC)[C@@H](C)[C@@H](OC(C)=O)[C@H](C)[C@H](O)[C@H](C)[C@@H](O)[C@@H](C)/C=C/C=C(/C)C(=O)N2)O4. The normalized spacial score (nSPS) is 29.4. The van der Waals surface area contributed by atoms with Crippen LogP contribution in [0.2, 0.25) is 0 Å². The van der Waals surface area contributed by atoms with Gasteiger partial charge in [0.25, 0.3) is 17.6 Å². The lowest BCUT2D eigenvalue weighted by Crippen LogP contribution is -2.46. The summed E-state index contributed by atoms with van der Waals surface area (Å²) < 4.78 is 29.7. The minimum atomic E-state index is -2.05. The summed E-state index contributed by atoms with van der Waals surface area (Å²) in [6.45, 7) is 14.2. The zero-order valence-electron chi connectivity index (χ0n) is 35.9. The molecule has 2 amide bonds. The zero-order valence-corrected chi connectivity index (χ0v) is 35.9. The fourth-order valence-corrected chi connectivity index (χ4v) is 7.65. The average Bonchev–Trinajstić information content (AvgIpc) is 3.47. The summed E-state index contributed by atoms with van der Waals surface area (Å²) in [4.78, 5) is 55.1. The maximum atomic E-state index is 14.5. The van der Waals surface area contributed by atoms with Gasteiger partial charge >= 0.3 is 11.8 Å². The number of ketones is 1. The van der Waals surface area contributed by atoms with Gasteiger partial charge in [-0.2, -0.15) is 0 Å². The van der Waals surface area contributed by atoms with Crippen LogP contribution < -0.4 is 14.8 Å². The topological polar surface area (TPSA) is 211 Å². The molecule has 9 atom stereocenters.